The zero-order valence-corrected chi connectivity index (χ0v) is 6.18. The second kappa shape index (κ2) is 2.27. The normalized spacial score (nSPS) is 39.5. The topological polar surface area (TPSA) is 78.1 Å². The molecule has 0 saturated heterocycles. The summed E-state index contributed by atoms with van der Waals surface area (Å²) in [6, 6.07) is -0.404. The SMILES string of the molecule is NC1=CC(N)C(N)(Cl)C=C1. The fraction of sp³-hybridized carbons (Fsp3) is 0.333. The molecule has 0 aliphatic heterocycles. The Labute approximate surface area is 64.5 Å². The molecule has 0 aromatic heterocycles. The molecular formula is C6H10ClN3. The van der Waals surface area contributed by atoms with Gasteiger partial charge in [0.15, 0.2) is 0 Å². The molecule has 0 amide bonds. The minimum absolute atomic E-state index is 0.404. The first-order valence-corrected chi connectivity index (χ1v) is 3.30. The van der Waals surface area contributed by atoms with Crippen molar-refractivity contribution in [1.82, 2.24) is 0 Å². The second-order valence-corrected chi connectivity index (χ2v) is 3.01. The number of halogens is 1. The molecule has 1 aliphatic carbocycles. The van der Waals surface area contributed by atoms with E-state index in [2.05, 4.69) is 0 Å². The van der Waals surface area contributed by atoms with Crippen molar-refractivity contribution < 1.29 is 0 Å². The molecule has 2 unspecified atom stereocenters. The van der Waals surface area contributed by atoms with Crippen LogP contribution in [0, 0.1) is 0 Å². The van der Waals surface area contributed by atoms with Crippen molar-refractivity contribution in [2.75, 3.05) is 0 Å². The Bertz CT molecular complexity index is 195. The summed E-state index contributed by atoms with van der Waals surface area (Å²) in [5, 5.41) is 0. The molecule has 4 heteroatoms. The molecule has 1 rings (SSSR count). The fourth-order valence-corrected chi connectivity index (χ4v) is 0.852. The van der Waals surface area contributed by atoms with E-state index >= 15 is 0 Å². The van der Waals surface area contributed by atoms with Crippen molar-refractivity contribution in [2.45, 2.75) is 11.0 Å². The van der Waals surface area contributed by atoms with Gasteiger partial charge in [0.25, 0.3) is 0 Å². The summed E-state index contributed by atoms with van der Waals surface area (Å²) in [4.78, 5) is -0.969. The maximum atomic E-state index is 5.75. The number of hydrogen-bond acceptors (Lipinski definition) is 3. The van der Waals surface area contributed by atoms with E-state index < -0.39 is 11.0 Å². The Morgan fingerprint density at radius 2 is 2.20 bits per heavy atom. The Kier molecular flexibility index (Phi) is 1.72. The van der Waals surface area contributed by atoms with Crippen molar-refractivity contribution >= 4 is 11.6 Å². The molecule has 0 aromatic carbocycles. The van der Waals surface area contributed by atoms with Crippen LogP contribution in [0.5, 0.6) is 0 Å². The number of nitrogens with two attached hydrogens (primary N) is 3. The van der Waals surface area contributed by atoms with Crippen LogP contribution < -0.4 is 17.2 Å². The van der Waals surface area contributed by atoms with Crippen LogP contribution in [0.2, 0.25) is 0 Å². The molecule has 6 N–H and O–H groups in total. The van der Waals surface area contributed by atoms with Gasteiger partial charge >= 0.3 is 0 Å². The van der Waals surface area contributed by atoms with E-state index in [9.17, 15) is 0 Å². The monoisotopic (exact) mass is 159 g/mol. The zero-order chi connectivity index (χ0) is 7.78. The Morgan fingerprint density at radius 3 is 2.60 bits per heavy atom. The van der Waals surface area contributed by atoms with Crippen molar-refractivity contribution in [1.29, 1.82) is 0 Å². The molecule has 10 heavy (non-hydrogen) atoms. The number of allylic oxidation sites excluding steroid dienone is 1. The second-order valence-electron chi connectivity index (χ2n) is 2.35. The first-order valence-electron chi connectivity index (χ1n) is 2.92. The van der Waals surface area contributed by atoms with Gasteiger partial charge in [0.05, 0.1) is 6.04 Å². The predicted molar refractivity (Wildman–Crippen MR) is 42.2 cm³/mol. The number of alkyl halides is 1. The minimum atomic E-state index is -0.969. The lowest BCUT2D eigenvalue weighted by molar-refractivity contribution is 0.630. The van der Waals surface area contributed by atoms with Crippen LogP contribution in [-0.2, 0) is 0 Å². The lowest BCUT2D eigenvalue weighted by atomic mass is 10.0. The lowest BCUT2D eigenvalue weighted by Crippen LogP contribution is -2.49. The molecule has 0 aromatic rings. The van der Waals surface area contributed by atoms with E-state index in [0.717, 1.165) is 0 Å². The van der Waals surface area contributed by atoms with Gasteiger partial charge in [-0.05, 0) is 18.2 Å². The molecule has 56 valence electrons. The molecular weight excluding hydrogens is 150 g/mol. The quantitative estimate of drug-likeness (QED) is 0.333. The summed E-state index contributed by atoms with van der Waals surface area (Å²) in [7, 11) is 0. The Hall–Kier alpha value is -0.510. The molecule has 0 spiro atoms. The standard InChI is InChI=1S/C6H10ClN3/c7-6(10)2-1-4(8)3-5(6)9/h1-3,5H,8-10H2. The van der Waals surface area contributed by atoms with Gasteiger partial charge in [0, 0.05) is 5.70 Å². The van der Waals surface area contributed by atoms with Gasteiger partial charge in [-0.1, -0.05) is 11.6 Å². The Balaban J connectivity index is 2.84. The number of rotatable bonds is 0. The first-order chi connectivity index (χ1) is 4.52. The molecule has 2 atom stereocenters. The summed E-state index contributed by atoms with van der Waals surface area (Å²) in [5.41, 5.74) is 17.1. The van der Waals surface area contributed by atoms with Gasteiger partial charge in [-0.15, -0.1) is 0 Å². The molecule has 0 saturated carbocycles. The van der Waals surface area contributed by atoms with E-state index in [4.69, 9.17) is 28.8 Å². The average Bonchev–Trinajstić information content (AvgIpc) is 1.81. The molecule has 0 heterocycles. The van der Waals surface area contributed by atoms with Gasteiger partial charge in [0.2, 0.25) is 0 Å². The average molecular weight is 160 g/mol. The summed E-state index contributed by atoms with van der Waals surface area (Å²) in [6.07, 6.45) is 4.87. The third kappa shape index (κ3) is 1.31. The van der Waals surface area contributed by atoms with E-state index in [-0.39, 0.29) is 0 Å². The van der Waals surface area contributed by atoms with E-state index in [1.165, 1.54) is 0 Å². The summed E-state index contributed by atoms with van der Waals surface area (Å²) < 4.78 is 0. The molecule has 1 aliphatic rings. The highest BCUT2D eigenvalue weighted by Crippen LogP contribution is 2.19. The van der Waals surface area contributed by atoms with Gasteiger partial charge in [-0.3, -0.25) is 0 Å². The van der Waals surface area contributed by atoms with Gasteiger partial charge in [-0.2, -0.15) is 0 Å². The maximum Gasteiger partial charge on any atom is 0.129 e. The summed E-state index contributed by atoms with van der Waals surface area (Å²) in [5.74, 6) is 0. The minimum Gasteiger partial charge on any atom is -0.399 e. The molecule has 0 radical (unpaired) electrons. The maximum absolute atomic E-state index is 5.75. The van der Waals surface area contributed by atoms with Gasteiger partial charge in [-0.25, -0.2) is 0 Å². The van der Waals surface area contributed by atoms with Crippen LogP contribution in [0.15, 0.2) is 23.9 Å². The molecule has 0 fully saturated rings. The van der Waals surface area contributed by atoms with Crippen LogP contribution >= 0.6 is 11.6 Å². The Morgan fingerprint density at radius 1 is 1.60 bits per heavy atom. The zero-order valence-electron chi connectivity index (χ0n) is 5.42. The van der Waals surface area contributed by atoms with Crippen molar-refractivity contribution in [3.05, 3.63) is 23.9 Å². The highest BCUT2D eigenvalue weighted by atomic mass is 35.5. The van der Waals surface area contributed by atoms with Crippen LogP contribution in [0.3, 0.4) is 0 Å². The third-order valence-corrected chi connectivity index (χ3v) is 1.79. The van der Waals surface area contributed by atoms with E-state index in [1.54, 1.807) is 18.2 Å². The van der Waals surface area contributed by atoms with Crippen LogP contribution in [0.1, 0.15) is 0 Å². The van der Waals surface area contributed by atoms with Gasteiger partial charge in [0.1, 0.15) is 5.00 Å². The van der Waals surface area contributed by atoms with Crippen molar-refractivity contribution in [3.8, 4) is 0 Å². The predicted octanol–water partition coefficient (Wildman–Crippen LogP) is -0.380. The van der Waals surface area contributed by atoms with Crippen molar-refractivity contribution in [3.63, 3.8) is 0 Å². The summed E-state index contributed by atoms with van der Waals surface area (Å²) >= 11 is 5.75. The smallest absolute Gasteiger partial charge is 0.129 e. The lowest BCUT2D eigenvalue weighted by Gasteiger charge is -2.26. The molecule has 0 bridgehead atoms. The number of hydrogen-bond donors (Lipinski definition) is 3. The van der Waals surface area contributed by atoms with Gasteiger partial charge < -0.3 is 17.2 Å². The summed E-state index contributed by atoms with van der Waals surface area (Å²) in [6.45, 7) is 0. The van der Waals surface area contributed by atoms with Crippen LogP contribution in [0.4, 0.5) is 0 Å². The molecule has 3 nitrogen and oxygen atoms in total. The largest absolute Gasteiger partial charge is 0.399 e. The fourth-order valence-electron chi connectivity index (χ4n) is 0.726. The first kappa shape index (κ1) is 7.60. The van der Waals surface area contributed by atoms with E-state index in [0.29, 0.717) is 5.70 Å². The highest BCUT2D eigenvalue weighted by Gasteiger charge is 2.27. The van der Waals surface area contributed by atoms with Crippen molar-refractivity contribution in [2.24, 2.45) is 17.2 Å². The third-order valence-electron chi connectivity index (χ3n) is 1.41. The highest BCUT2D eigenvalue weighted by molar-refractivity contribution is 6.25. The van der Waals surface area contributed by atoms with Crippen LogP contribution in [0.25, 0.3) is 0 Å². The van der Waals surface area contributed by atoms with E-state index in [1.807, 2.05) is 0 Å². The van der Waals surface area contributed by atoms with Crippen LogP contribution in [-0.4, -0.2) is 11.0 Å².